The van der Waals surface area contributed by atoms with Crippen molar-refractivity contribution in [1.29, 1.82) is 0 Å². The van der Waals surface area contributed by atoms with E-state index in [1.54, 1.807) is 6.07 Å². The minimum absolute atomic E-state index is 0.0502. The first-order chi connectivity index (χ1) is 15.7. The lowest BCUT2D eigenvalue weighted by Crippen LogP contribution is -3.11. The van der Waals surface area contributed by atoms with Crippen LogP contribution in [0.4, 0.5) is 13.2 Å². The molecule has 4 rings (SSSR count). The molecule has 9 heteroatoms. The van der Waals surface area contributed by atoms with Gasteiger partial charge in [0.25, 0.3) is 5.76 Å². The van der Waals surface area contributed by atoms with E-state index in [1.165, 1.54) is 36.8 Å². The number of phenolic OH excluding ortho intramolecular Hbond substituents is 1. The van der Waals surface area contributed by atoms with E-state index in [1.807, 2.05) is 7.05 Å². The van der Waals surface area contributed by atoms with Crippen LogP contribution in [0.2, 0.25) is 5.02 Å². The third kappa shape index (κ3) is 4.82. The van der Waals surface area contributed by atoms with Crippen molar-refractivity contribution in [3.8, 4) is 17.2 Å². The predicted molar refractivity (Wildman–Crippen MR) is 118 cm³/mol. The number of ether oxygens (including phenoxy) is 1. The molecule has 0 radical (unpaired) electrons. The summed E-state index contributed by atoms with van der Waals surface area (Å²) >= 11 is 6.01. The first-order valence-corrected chi connectivity index (χ1v) is 11.2. The molecule has 1 heterocycles. The largest absolute Gasteiger partial charge is 0.507 e. The van der Waals surface area contributed by atoms with E-state index < -0.39 is 23.1 Å². The molecule has 1 aliphatic rings. The Labute approximate surface area is 193 Å². The molecule has 0 amide bonds. The van der Waals surface area contributed by atoms with E-state index in [0.717, 1.165) is 30.6 Å². The Balaban J connectivity index is 1.85. The number of quaternary nitrogens is 1. The number of aromatic hydroxyl groups is 1. The van der Waals surface area contributed by atoms with Gasteiger partial charge in [-0.1, -0.05) is 30.2 Å². The van der Waals surface area contributed by atoms with Crippen LogP contribution in [0.3, 0.4) is 0 Å². The van der Waals surface area contributed by atoms with Crippen molar-refractivity contribution < 1.29 is 32.3 Å². The van der Waals surface area contributed by atoms with Gasteiger partial charge in [-0.15, -0.1) is 0 Å². The fourth-order valence-corrected chi connectivity index (χ4v) is 4.57. The fourth-order valence-electron chi connectivity index (χ4n) is 4.39. The van der Waals surface area contributed by atoms with Gasteiger partial charge in [0.1, 0.15) is 18.0 Å². The van der Waals surface area contributed by atoms with E-state index in [2.05, 4.69) is 0 Å². The van der Waals surface area contributed by atoms with Gasteiger partial charge in [-0.2, -0.15) is 13.2 Å². The van der Waals surface area contributed by atoms with Crippen LogP contribution in [0.15, 0.2) is 45.6 Å². The molecular weight excluding hydrogens is 459 g/mol. The number of phenols is 1. The Morgan fingerprint density at radius 3 is 2.52 bits per heavy atom. The highest BCUT2D eigenvalue weighted by atomic mass is 35.5. The first-order valence-electron chi connectivity index (χ1n) is 10.8. The van der Waals surface area contributed by atoms with Crippen LogP contribution in [0.1, 0.15) is 43.4 Å². The number of para-hydroxylation sites is 1. The van der Waals surface area contributed by atoms with Crippen molar-refractivity contribution >= 4 is 22.6 Å². The third-order valence-corrected chi connectivity index (χ3v) is 6.47. The molecule has 1 aromatic heterocycles. The molecule has 2 N–H and O–H groups in total. The van der Waals surface area contributed by atoms with Crippen LogP contribution >= 0.6 is 11.6 Å². The maximum Gasteiger partial charge on any atom is 0.453 e. The van der Waals surface area contributed by atoms with Crippen LogP contribution in [-0.2, 0) is 12.7 Å². The van der Waals surface area contributed by atoms with Gasteiger partial charge in [-0.05, 0) is 49.9 Å². The number of hydrogen-bond acceptors (Lipinski definition) is 4. The maximum absolute atomic E-state index is 13.9. The monoisotopic (exact) mass is 482 g/mol. The van der Waals surface area contributed by atoms with Crippen molar-refractivity contribution in [3.63, 3.8) is 0 Å². The Morgan fingerprint density at radius 2 is 1.85 bits per heavy atom. The summed E-state index contributed by atoms with van der Waals surface area (Å²) in [5, 5.41) is 10.4. The van der Waals surface area contributed by atoms with Crippen molar-refractivity contribution in [2.45, 2.75) is 50.9 Å². The zero-order valence-electron chi connectivity index (χ0n) is 18.0. The fraction of sp³-hybridized carbons (Fsp3) is 0.375. The SMILES string of the molecule is C[NH+](Cc1c(O)ccc2c(=O)c(Oc3ccccc3Cl)c(C(F)(F)F)oc12)C1CCCCC1. The summed E-state index contributed by atoms with van der Waals surface area (Å²) in [4.78, 5) is 14.2. The quantitative estimate of drug-likeness (QED) is 0.517. The lowest BCUT2D eigenvalue weighted by Gasteiger charge is -2.28. The molecule has 1 fully saturated rings. The molecule has 1 atom stereocenters. The predicted octanol–water partition coefficient (Wildman–Crippen LogP) is 5.31. The summed E-state index contributed by atoms with van der Waals surface area (Å²) < 4.78 is 52.4. The second kappa shape index (κ2) is 9.27. The average molecular weight is 483 g/mol. The normalized spacial score (nSPS) is 16.2. The number of fused-ring (bicyclic) bond motifs is 1. The van der Waals surface area contributed by atoms with Gasteiger partial charge in [-0.3, -0.25) is 4.79 Å². The molecule has 1 unspecified atom stereocenters. The highest BCUT2D eigenvalue weighted by Crippen LogP contribution is 2.40. The summed E-state index contributed by atoms with van der Waals surface area (Å²) in [6, 6.07) is 8.78. The average Bonchev–Trinajstić information content (AvgIpc) is 2.78. The van der Waals surface area contributed by atoms with Crippen molar-refractivity contribution in [2.24, 2.45) is 0 Å². The van der Waals surface area contributed by atoms with Gasteiger partial charge in [0.15, 0.2) is 5.58 Å². The van der Waals surface area contributed by atoms with E-state index in [4.69, 9.17) is 20.8 Å². The Kier molecular flexibility index (Phi) is 6.59. The topological polar surface area (TPSA) is 64.1 Å². The summed E-state index contributed by atoms with van der Waals surface area (Å²) in [6.45, 7) is 0.221. The molecular formula is C24H24ClF3NO4+. The molecule has 1 aliphatic carbocycles. The molecule has 0 bridgehead atoms. The number of rotatable bonds is 5. The first kappa shape index (κ1) is 23.4. The lowest BCUT2D eigenvalue weighted by molar-refractivity contribution is -0.921. The molecule has 2 aromatic carbocycles. The smallest absolute Gasteiger partial charge is 0.453 e. The molecule has 33 heavy (non-hydrogen) atoms. The van der Waals surface area contributed by atoms with Gasteiger partial charge in [-0.25, -0.2) is 0 Å². The summed E-state index contributed by atoms with van der Waals surface area (Å²) in [5.41, 5.74) is -1.10. The molecule has 0 spiro atoms. The van der Waals surface area contributed by atoms with Gasteiger partial charge in [0.2, 0.25) is 11.2 Å². The van der Waals surface area contributed by atoms with E-state index >= 15 is 0 Å². The van der Waals surface area contributed by atoms with E-state index in [-0.39, 0.29) is 39.6 Å². The van der Waals surface area contributed by atoms with E-state index in [0.29, 0.717) is 6.04 Å². The maximum atomic E-state index is 13.9. The molecule has 1 saturated carbocycles. The van der Waals surface area contributed by atoms with Crippen LogP contribution in [0.25, 0.3) is 11.0 Å². The zero-order chi connectivity index (χ0) is 23.8. The number of nitrogens with one attached hydrogen (secondary N) is 1. The molecule has 5 nitrogen and oxygen atoms in total. The summed E-state index contributed by atoms with van der Waals surface area (Å²) in [6.07, 6.45) is 0.366. The second-order valence-corrected chi connectivity index (χ2v) is 8.82. The number of alkyl halides is 3. The van der Waals surface area contributed by atoms with Crippen LogP contribution in [-0.4, -0.2) is 18.2 Å². The van der Waals surface area contributed by atoms with Crippen LogP contribution in [0.5, 0.6) is 17.2 Å². The van der Waals surface area contributed by atoms with Gasteiger partial charge < -0.3 is 19.2 Å². The third-order valence-electron chi connectivity index (χ3n) is 6.16. The van der Waals surface area contributed by atoms with E-state index in [9.17, 15) is 23.1 Å². The number of halogens is 4. The molecule has 0 aliphatic heterocycles. The van der Waals surface area contributed by atoms with Gasteiger partial charge in [0, 0.05) is 0 Å². The van der Waals surface area contributed by atoms with Crippen LogP contribution in [0, 0.1) is 0 Å². The minimum Gasteiger partial charge on any atom is -0.507 e. The van der Waals surface area contributed by atoms with Gasteiger partial charge in [0.05, 0.1) is 29.1 Å². The zero-order valence-corrected chi connectivity index (χ0v) is 18.7. The van der Waals surface area contributed by atoms with Gasteiger partial charge >= 0.3 is 6.18 Å². The standard InChI is InChI=1S/C24H23ClF3NO4/c1-29(14-7-3-2-4-8-14)13-16-18(30)12-11-15-20(31)22(23(24(26,27)28)33-21(15)16)32-19-10-6-5-9-17(19)25/h5-6,9-12,14,30H,2-4,7-8,13H2,1H3/p+1. The van der Waals surface area contributed by atoms with Crippen molar-refractivity contribution in [3.05, 3.63) is 63.0 Å². The number of hydrogen-bond donors (Lipinski definition) is 2. The highest BCUT2D eigenvalue weighted by Gasteiger charge is 2.41. The lowest BCUT2D eigenvalue weighted by atomic mass is 9.94. The molecule has 0 saturated heterocycles. The minimum atomic E-state index is -5.01. The Bertz CT molecular complexity index is 1220. The molecule has 176 valence electrons. The number of benzene rings is 2. The summed E-state index contributed by atoms with van der Waals surface area (Å²) in [7, 11) is 1.94. The Morgan fingerprint density at radius 1 is 1.15 bits per heavy atom. The highest BCUT2D eigenvalue weighted by molar-refractivity contribution is 6.32. The Hall–Kier alpha value is -2.71. The summed E-state index contributed by atoms with van der Waals surface area (Å²) in [5.74, 6) is -2.87. The van der Waals surface area contributed by atoms with Crippen LogP contribution < -0.4 is 15.1 Å². The van der Waals surface area contributed by atoms with Crippen molar-refractivity contribution in [1.82, 2.24) is 0 Å². The second-order valence-electron chi connectivity index (χ2n) is 8.42. The molecule has 3 aromatic rings. The van der Waals surface area contributed by atoms with Crippen molar-refractivity contribution in [2.75, 3.05) is 7.05 Å².